The quantitative estimate of drug-likeness (QED) is 0.618. The van der Waals surface area contributed by atoms with E-state index in [2.05, 4.69) is 11.4 Å². The number of rotatable bonds is 9. The number of nitriles is 1. The number of methoxy groups -OCH3 is 1. The number of carbonyl (C=O) groups excluding carboxylic acids is 1. The van der Waals surface area contributed by atoms with Gasteiger partial charge in [0.05, 0.1) is 36.4 Å². The summed E-state index contributed by atoms with van der Waals surface area (Å²) in [4.78, 5) is 11.4. The lowest BCUT2D eigenvalue weighted by Crippen LogP contribution is -2.20. The summed E-state index contributed by atoms with van der Waals surface area (Å²) in [5, 5.41) is 21.6. The normalized spacial score (nSPS) is 11.2. The predicted octanol–water partition coefficient (Wildman–Crippen LogP) is 3.31. The number of ether oxygens (including phenoxy) is 3. The summed E-state index contributed by atoms with van der Waals surface area (Å²) in [6, 6.07) is 11.7. The van der Waals surface area contributed by atoms with Gasteiger partial charge in [-0.25, -0.2) is 0 Å². The molecule has 0 amide bonds. The van der Waals surface area contributed by atoms with E-state index in [0.29, 0.717) is 33.3 Å². The first-order chi connectivity index (χ1) is 13.5. The first-order valence-electron chi connectivity index (χ1n) is 8.49. The number of aliphatic hydroxyl groups is 1. The van der Waals surface area contributed by atoms with Gasteiger partial charge in [0.25, 0.3) is 0 Å². The topological polar surface area (TPSA) is 101 Å². The molecule has 2 aromatic rings. The highest BCUT2D eigenvalue weighted by Crippen LogP contribution is 2.38. The Hall–Kier alpha value is -2.95. The van der Waals surface area contributed by atoms with Crippen LogP contribution in [0, 0.1) is 11.3 Å². The van der Waals surface area contributed by atoms with Crippen LogP contribution in [0.5, 0.6) is 11.5 Å². The van der Waals surface area contributed by atoms with Crippen LogP contribution >= 0.6 is 11.6 Å². The molecule has 0 spiro atoms. The van der Waals surface area contributed by atoms with E-state index in [9.17, 15) is 4.79 Å². The summed E-state index contributed by atoms with van der Waals surface area (Å²) < 4.78 is 16.1. The molecule has 0 fully saturated rings. The van der Waals surface area contributed by atoms with Crippen LogP contribution in [0.2, 0.25) is 5.02 Å². The third-order valence-corrected chi connectivity index (χ3v) is 4.08. The lowest BCUT2D eigenvalue weighted by atomic mass is 10.0. The molecule has 148 valence electrons. The summed E-state index contributed by atoms with van der Waals surface area (Å²) in [6.45, 7) is 1.20. The van der Waals surface area contributed by atoms with Crippen molar-refractivity contribution in [3.8, 4) is 17.6 Å². The minimum absolute atomic E-state index is 0.00825. The number of halogens is 1. The lowest BCUT2D eigenvalue weighted by molar-refractivity contribution is -0.141. The average molecular weight is 405 g/mol. The van der Waals surface area contributed by atoms with Crippen LogP contribution in [-0.4, -0.2) is 38.0 Å². The molecule has 28 heavy (non-hydrogen) atoms. The highest BCUT2D eigenvalue weighted by atomic mass is 35.5. The van der Waals surface area contributed by atoms with Gasteiger partial charge in [-0.2, -0.15) is 5.26 Å². The van der Waals surface area contributed by atoms with E-state index < -0.39 is 12.0 Å². The molecular weight excluding hydrogens is 384 g/mol. The number of carbonyl (C=O) groups is 1. The summed E-state index contributed by atoms with van der Waals surface area (Å²) in [5.74, 6) is 0.430. The maximum absolute atomic E-state index is 11.4. The van der Waals surface area contributed by atoms with E-state index in [1.54, 1.807) is 36.4 Å². The number of anilines is 1. The van der Waals surface area contributed by atoms with Crippen molar-refractivity contribution in [2.24, 2.45) is 0 Å². The molecule has 0 radical (unpaired) electrons. The fourth-order valence-corrected chi connectivity index (χ4v) is 2.79. The Kier molecular flexibility index (Phi) is 7.93. The van der Waals surface area contributed by atoms with Crippen molar-refractivity contribution in [3.63, 3.8) is 0 Å². The van der Waals surface area contributed by atoms with E-state index in [0.717, 1.165) is 0 Å². The Morgan fingerprint density at radius 1 is 1.32 bits per heavy atom. The van der Waals surface area contributed by atoms with Gasteiger partial charge in [-0.15, -0.1) is 0 Å². The van der Waals surface area contributed by atoms with Crippen molar-refractivity contribution in [2.45, 2.75) is 13.0 Å². The lowest BCUT2D eigenvalue weighted by Gasteiger charge is -2.24. The van der Waals surface area contributed by atoms with Crippen LogP contribution in [0.1, 0.15) is 24.1 Å². The van der Waals surface area contributed by atoms with Gasteiger partial charge in [0, 0.05) is 24.2 Å². The number of nitrogens with one attached hydrogen (secondary N) is 1. The molecule has 0 bridgehead atoms. The molecule has 0 aliphatic heterocycles. The minimum atomic E-state index is -0.516. The summed E-state index contributed by atoms with van der Waals surface area (Å²) in [7, 11) is 1.51. The first-order valence-corrected chi connectivity index (χ1v) is 8.87. The fraction of sp³-hybridized carbons (Fsp3) is 0.300. The van der Waals surface area contributed by atoms with Crippen molar-refractivity contribution in [1.82, 2.24) is 0 Å². The summed E-state index contributed by atoms with van der Waals surface area (Å²) in [5.41, 5.74) is 1.84. The van der Waals surface area contributed by atoms with Gasteiger partial charge in [0.2, 0.25) is 0 Å². The molecule has 8 heteroatoms. The molecule has 0 saturated heterocycles. The molecule has 7 nitrogen and oxygen atoms in total. The van der Waals surface area contributed by atoms with Crippen LogP contribution in [0.25, 0.3) is 0 Å². The minimum Gasteiger partial charge on any atom is -0.497 e. The van der Waals surface area contributed by atoms with Gasteiger partial charge < -0.3 is 24.6 Å². The standard InChI is InChI=1S/C20H21ClN2O5/c1-13(25)28-12-19(23-15-5-3-14(11-22)4-6-15)17-9-16(26-2)10-18(21)20(17)27-8-7-24/h3-6,9-10,19,23-24H,7-8,12H2,1-2H3. The number of esters is 1. The van der Waals surface area contributed by atoms with E-state index in [1.807, 2.05) is 0 Å². The Bertz CT molecular complexity index is 849. The molecule has 2 aromatic carbocycles. The maximum Gasteiger partial charge on any atom is 0.302 e. The van der Waals surface area contributed by atoms with Gasteiger partial charge >= 0.3 is 5.97 Å². The molecule has 0 aliphatic carbocycles. The summed E-state index contributed by atoms with van der Waals surface area (Å²) in [6.07, 6.45) is 0. The maximum atomic E-state index is 11.4. The predicted molar refractivity (Wildman–Crippen MR) is 105 cm³/mol. The molecule has 0 aliphatic rings. The second kappa shape index (κ2) is 10.4. The summed E-state index contributed by atoms with van der Waals surface area (Å²) >= 11 is 6.34. The Morgan fingerprint density at radius 3 is 2.61 bits per heavy atom. The van der Waals surface area contributed by atoms with Crippen LogP contribution in [0.4, 0.5) is 5.69 Å². The Balaban J connectivity index is 2.43. The number of aliphatic hydroxyl groups excluding tert-OH is 1. The van der Waals surface area contributed by atoms with Crippen molar-refractivity contribution in [2.75, 3.05) is 32.2 Å². The smallest absolute Gasteiger partial charge is 0.302 e. The largest absolute Gasteiger partial charge is 0.497 e. The molecule has 0 saturated carbocycles. The van der Waals surface area contributed by atoms with E-state index in [4.69, 9.17) is 36.2 Å². The fourth-order valence-electron chi connectivity index (χ4n) is 2.52. The van der Waals surface area contributed by atoms with Crippen LogP contribution in [-0.2, 0) is 9.53 Å². The van der Waals surface area contributed by atoms with Gasteiger partial charge in [0.15, 0.2) is 0 Å². The van der Waals surface area contributed by atoms with Crippen molar-refractivity contribution >= 4 is 23.3 Å². The number of hydrogen-bond donors (Lipinski definition) is 2. The zero-order valence-corrected chi connectivity index (χ0v) is 16.3. The van der Waals surface area contributed by atoms with Crippen molar-refractivity contribution in [1.29, 1.82) is 5.26 Å². The molecule has 0 aromatic heterocycles. The van der Waals surface area contributed by atoms with Gasteiger partial charge in [-0.3, -0.25) is 4.79 Å². The van der Waals surface area contributed by atoms with Crippen LogP contribution < -0.4 is 14.8 Å². The monoisotopic (exact) mass is 404 g/mol. The second-order valence-electron chi connectivity index (χ2n) is 5.79. The number of nitrogens with zero attached hydrogens (tertiary/aromatic N) is 1. The van der Waals surface area contributed by atoms with E-state index >= 15 is 0 Å². The van der Waals surface area contributed by atoms with E-state index in [1.165, 1.54) is 14.0 Å². The number of benzene rings is 2. The molecule has 2 rings (SSSR count). The zero-order chi connectivity index (χ0) is 20.5. The molecular formula is C20H21ClN2O5. The van der Waals surface area contributed by atoms with Crippen molar-refractivity contribution in [3.05, 3.63) is 52.5 Å². The number of hydrogen-bond acceptors (Lipinski definition) is 7. The third-order valence-electron chi connectivity index (χ3n) is 3.80. The highest BCUT2D eigenvalue weighted by Gasteiger charge is 2.22. The molecule has 0 heterocycles. The Morgan fingerprint density at radius 2 is 2.04 bits per heavy atom. The molecule has 1 unspecified atom stereocenters. The van der Waals surface area contributed by atoms with Gasteiger partial charge in [0.1, 0.15) is 24.7 Å². The average Bonchev–Trinajstić information content (AvgIpc) is 2.70. The van der Waals surface area contributed by atoms with Crippen LogP contribution in [0.3, 0.4) is 0 Å². The molecule has 1 atom stereocenters. The molecule has 2 N–H and O–H groups in total. The van der Waals surface area contributed by atoms with E-state index in [-0.39, 0.29) is 19.8 Å². The van der Waals surface area contributed by atoms with Gasteiger partial charge in [-0.05, 0) is 30.3 Å². The zero-order valence-electron chi connectivity index (χ0n) is 15.6. The second-order valence-corrected chi connectivity index (χ2v) is 6.20. The Labute approximate surface area is 168 Å². The first kappa shape index (κ1) is 21.4. The SMILES string of the molecule is COc1cc(Cl)c(OCCO)c(C(COC(C)=O)Nc2ccc(C#N)cc2)c1. The highest BCUT2D eigenvalue weighted by molar-refractivity contribution is 6.32. The van der Waals surface area contributed by atoms with Crippen molar-refractivity contribution < 1.29 is 24.1 Å². The third kappa shape index (κ3) is 5.78. The van der Waals surface area contributed by atoms with Crippen LogP contribution in [0.15, 0.2) is 36.4 Å². The van der Waals surface area contributed by atoms with Gasteiger partial charge in [-0.1, -0.05) is 11.6 Å².